The number of nitrogens with two attached hydrogens (primary N) is 1. The number of hydrogen-bond acceptors (Lipinski definition) is 16. The summed E-state index contributed by atoms with van der Waals surface area (Å²) >= 11 is 0.914. The summed E-state index contributed by atoms with van der Waals surface area (Å²) in [4.78, 5) is 97.2. The van der Waals surface area contributed by atoms with Crippen LogP contribution in [-0.4, -0.2) is 105 Å². The number of H-pyrrole nitrogens is 1. The molecule has 26 heteroatoms. The fourth-order valence-electron chi connectivity index (χ4n) is 3.58. The van der Waals surface area contributed by atoms with Crippen LogP contribution >= 0.6 is 11.3 Å². The molecule has 2 aliphatic heterocycles. The minimum Gasteiger partial charge on any atom is -0.869 e. The van der Waals surface area contributed by atoms with Gasteiger partial charge < -0.3 is 35.9 Å². The molecule has 4 rings (SSSR count). The predicted octanol–water partition coefficient (Wildman–Crippen LogP) is -10.9. The second kappa shape index (κ2) is 15.6. The fraction of sp³-hybridized carbons (Fsp3) is 0.318. The van der Waals surface area contributed by atoms with Crippen molar-refractivity contribution in [1.82, 2.24) is 39.6 Å². The van der Waals surface area contributed by atoms with Crippen molar-refractivity contribution in [3.8, 4) is 5.75 Å². The molecule has 48 heavy (non-hydrogen) atoms. The second-order valence-corrected chi connectivity index (χ2v) is 12.3. The molecule has 2 aliphatic rings. The van der Waals surface area contributed by atoms with E-state index in [4.69, 9.17) is 10.6 Å². The van der Waals surface area contributed by atoms with Crippen LogP contribution in [0.5, 0.6) is 5.75 Å². The molecule has 1 unspecified atom stereocenters. The van der Waals surface area contributed by atoms with Gasteiger partial charge in [-0.05, 0) is 25.8 Å². The number of thiazole rings is 1. The molecule has 2 saturated heterocycles. The number of β-lactam (4-membered cyclic amide) rings is 1. The zero-order chi connectivity index (χ0) is 34.1. The second-order valence-electron chi connectivity index (χ2n) is 9.81. The van der Waals surface area contributed by atoms with Crippen LogP contribution in [0.1, 0.15) is 30.0 Å². The number of carbonyl (C=O) groups excluding carboxylic acids is 6. The van der Waals surface area contributed by atoms with Crippen molar-refractivity contribution in [1.29, 1.82) is 0 Å². The van der Waals surface area contributed by atoms with E-state index in [1.165, 1.54) is 10.1 Å². The monoisotopic (exact) mass is 728 g/mol. The molecular weight excluding hydrogens is 706 g/mol. The van der Waals surface area contributed by atoms with Crippen LogP contribution < -0.4 is 96.0 Å². The van der Waals surface area contributed by atoms with Crippen molar-refractivity contribution in [3.63, 3.8) is 0 Å². The predicted molar refractivity (Wildman–Crippen MR) is 147 cm³/mol. The quantitative estimate of drug-likeness (QED) is 0.0657. The molecule has 6 N–H and O–H groups in total. The zero-order valence-electron chi connectivity index (χ0n) is 25.5. The number of pyridine rings is 1. The first-order chi connectivity index (χ1) is 21.4. The maximum atomic E-state index is 12.9. The number of aromatic nitrogens is 2. The van der Waals surface area contributed by atoms with Gasteiger partial charge >= 0.3 is 81.4 Å². The van der Waals surface area contributed by atoms with Crippen molar-refractivity contribution < 1.29 is 111 Å². The number of imide groups is 1. The van der Waals surface area contributed by atoms with Gasteiger partial charge in [0.15, 0.2) is 21.9 Å². The molecule has 0 aliphatic carbocycles. The normalized spacial score (nSPS) is 16.2. The van der Waals surface area contributed by atoms with Crippen molar-refractivity contribution in [2.75, 3.05) is 25.4 Å². The van der Waals surface area contributed by atoms with Gasteiger partial charge in [0.25, 0.3) is 17.7 Å². The van der Waals surface area contributed by atoms with Gasteiger partial charge in [-0.3, -0.25) is 29.5 Å². The number of oxime groups is 1. The maximum absolute atomic E-state index is 12.9. The smallest absolute Gasteiger partial charge is 0.869 e. The third kappa shape index (κ3) is 8.81. The standard InChI is InChI=1S/C22H24N10O12S2.2Na/c1-22(2,18(38)39)44-28-14(11-8-45-19(23)26-11)16(36)25-10-7-30(17(10)37)20(40)29-46(42,43)32-4-3-31(21(32)41)27-15(35)9-5-12(33)13(34)6-24-9;;/h5-6,8,10,34H,3-4,7H2,1-2H3,(H2,23,26)(H,24,33)(H,25,36)(H,27,35)(H,29,40)(H,38,39);;/q;2*+1/p-2/b28-14+;;. The third-order valence-electron chi connectivity index (χ3n) is 6.15. The van der Waals surface area contributed by atoms with Gasteiger partial charge in [-0.1, -0.05) is 5.16 Å². The number of rotatable bonds is 10. The van der Waals surface area contributed by atoms with Crippen molar-refractivity contribution >= 4 is 68.1 Å². The van der Waals surface area contributed by atoms with E-state index in [0.717, 1.165) is 31.4 Å². The fourth-order valence-corrected chi connectivity index (χ4v) is 5.19. The van der Waals surface area contributed by atoms with Gasteiger partial charge in [0.1, 0.15) is 17.4 Å². The Bertz CT molecular complexity index is 1850. The van der Waals surface area contributed by atoms with Crippen LogP contribution in [0.15, 0.2) is 27.6 Å². The van der Waals surface area contributed by atoms with Crippen LogP contribution in [0.4, 0.5) is 14.7 Å². The Labute approximate surface area is 317 Å². The van der Waals surface area contributed by atoms with Gasteiger partial charge in [0.05, 0.1) is 25.6 Å². The number of hydrogen-bond donors (Lipinski definition) is 5. The van der Waals surface area contributed by atoms with Gasteiger partial charge in [-0.2, -0.15) is 8.42 Å². The number of aromatic amines is 1. The Morgan fingerprint density at radius 1 is 1.19 bits per heavy atom. The summed E-state index contributed by atoms with van der Waals surface area (Å²) in [6.07, 6.45) is 0.724. The number of hydrazine groups is 1. The number of nitrogen functional groups attached to an aromatic ring is 1. The Balaban J connectivity index is 0.00000400. The number of carboxylic acid groups (broad SMARTS) is 1. The van der Waals surface area contributed by atoms with Crippen molar-refractivity contribution in [3.05, 3.63) is 39.3 Å². The Morgan fingerprint density at radius 3 is 2.42 bits per heavy atom. The summed E-state index contributed by atoms with van der Waals surface area (Å²) in [5.74, 6) is -5.76. The summed E-state index contributed by atoms with van der Waals surface area (Å²) in [5.41, 5.74) is 3.57. The molecule has 2 aromatic heterocycles. The third-order valence-corrected chi connectivity index (χ3v) is 8.18. The molecule has 4 heterocycles. The molecule has 22 nitrogen and oxygen atoms in total. The number of likely N-dealkylation sites (tertiary alicyclic amines) is 1. The average molecular weight is 729 g/mol. The molecule has 2 aromatic rings. The molecule has 0 bridgehead atoms. The number of anilines is 1. The van der Waals surface area contributed by atoms with E-state index < -0.39 is 93.3 Å². The van der Waals surface area contributed by atoms with Crippen LogP contribution in [0.2, 0.25) is 0 Å². The minimum absolute atomic E-state index is 0. The largest absolute Gasteiger partial charge is 1.00 e. The van der Waals surface area contributed by atoms with Crippen LogP contribution in [-0.2, 0) is 29.4 Å². The van der Waals surface area contributed by atoms with E-state index in [1.807, 2.05) is 0 Å². The zero-order valence-corrected chi connectivity index (χ0v) is 31.1. The molecule has 2 fully saturated rings. The number of urea groups is 2. The summed E-state index contributed by atoms with van der Waals surface area (Å²) < 4.78 is 27.2. The molecule has 246 valence electrons. The number of carboxylic acids is 1. The van der Waals surface area contributed by atoms with Crippen molar-refractivity contribution in [2.45, 2.75) is 25.5 Å². The molecule has 1 atom stereocenters. The van der Waals surface area contributed by atoms with Crippen LogP contribution in [0.25, 0.3) is 0 Å². The van der Waals surface area contributed by atoms with Gasteiger partial charge in [-0.25, -0.2) is 28.6 Å². The molecule has 0 aromatic carbocycles. The molecular formula is C22H22N10Na2O12S2. The van der Waals surface area contributed by atoms with Crippen LogP contribution in [0, 0.1) is 0 Å². The van der Waals surface area contributed by atoms with E-state index >= 15 is 0 Å². The number of nitrogens with zero attached hydrogens (tertiary/aromatic N) is 5. The topological polar surface area (TPSA) is 322 Å². The van der Waals surface area contributed by atoms with Crippen LogP contribution in [0.3, 0.4) is 0 Å². The Kier molecular flexibility index (Phi) is 13.1. The number of carbonyl (C=O) groups is 6. The van der Waals surface area contributed by atoms with Crippen molar-refractivity contribution in [2.24, 2.45) is 5.16 Å². The van der Waals surface area contributed by atoms with E-state index in [2.05, 4.69) is 25.9 Å². The summed E-state index contributed by atoms with van der Waals surface area (Å²) in [6, 6.07) is -3.45. The number of aliphatic carboxylic acids is 1. The van der Waals surface area contributed by atoms with E-state index in [-0.39, 0.29) is 80.8 Å². The first kappa shape index (κ1) is 40.4. The summed E-state index contributed by atoms with van der Waals surface area (Å²) in [7, 11) is -4.91. The molecule has 0 saturated carbocycles. The molecule has 0 radical (unpaired) electrons. The first-order valence-corrected chi connectivity index (χ1v) is 14.9. The SMILES string of the molecule is CC(C)(O/N=C(/C(=O)NC1CN(C(=O)NS(=O)(=O)N2CCN(NC(=O)c3cc(=O)c([O-])c[nH]3)C2=O)C1=O)c1csc(N)n1)C(=O)[O-].[Na+].[Na+]. The van der Waals surface area contributed by atoms with Gasteiger partial charge in [0, 0.05) is 11.4 Å². The Morgan fingerprint density at radius 2 is 1.85 bits per heavy atom. The summed E-state index contributed by atoms with van der Waals surface area (Å²) in [6.45, 7) is 0.751. The van der Waals surface area contributed by atoms with Gasteiger partial charge in [-0.15, -0.1) is 11.3 Å². The maximum Gasteiger partial charge on any atom is 1.00 e. The summed E-state index contributed by atoms with van der Waals surface area (Å²) in [5, 5.41) is 30.1. The first-order valence-electron chi connectivity index (χ1n) is 12.6. The van der Waals surface area contributed by atoms with E-state index in [1.54, 1.807) is 0 Å². The minimum atomic E-state index is -4.91. The number of nitrogens with one attached hydrogen (secondary N) is 4. The van der Waals surface area contributed by atoms with E-state index in [0.29, 0.717) is 16.0 Å². The Hall–Kier alpha value is -3.78. The van der Waals surface area contributed by atoms with E-state index in [9.17, 15) is 52.2 Å². The number of amides is 7. The molecule has 0 spiro atoms. The van der Waals surface area contributed by atoms with Gasteiger partial charge in [0.2, 0.25) is 0 Å². The molecule has 7 amide bonds. The average Bonchev–Trinajstić information content (AvgIpc) is 3.56.